The number of fused-ring (bicyclic) bond motifs is 1. The number of rotatable bonds is 3. The third-order valence-corrected chi connectivity index (χ3v) is 4.36. The first kappa shape index (κ1) is 13.1. The number of imidazole rings is 1. The van der Waals surface area contributed by atoms with Gasteiger partial charge in [-0.3, -0.25) is 4.98 Å². The third kappa shape index (κ3) is 2.09. The van der Waals surface area contributed by atoms with Gasteiger partial charge < -0.3 is 5.11 Å². The van der Waals surface area contributed by atoms with E-state index in [9.17, 15) is 5.11 Å². The van der Waals surface area contributed by atoms with Crippen LogP contribution in [0.2, 0.25) is 0 Å². The van der Waals surface area contributed by atoms with Gasteiger partial charge in [-0.2, -0.15) is 5.10 Å². The minimum absolute atomic E-state index is 0.110. The highest BCUT2D eigenvalue weighted by Crippen LogP contribution is 2.30. The van der Waals surface area contributed by atoms with Crippen molar-refractivity contribution in [1.29, 1.82) is 0 Å². The standard InChI is InChI=1S/C16H12N4OS/c21-10-13-14(11-5-2-1-3-6-11)18-16-20(13)19-15(22-16)12-7-4-8-17-9-12/h1-9,21H,10H2. The van der Waals surface area contributed by atoms with Crippen LogP contribution in [0.3, 0.4) is 0 Å². The maximum atomic E-state index is 9.74. The molecule has 0 aliphatic heterocycles. The van der Waals surface area contributed by atoms with Crippen molar-refractivity contribution in [3.8, 4) is 21.8 Å². The molecule has 0 radical (unpaired) electrons. The molecule has 0 spiro atoms. The van der Waals surface area contributed by atoms with E-state index in [1.165, 1.54) is 11.3 Å². The topological polar surface area (TPSA) is 63.3 Å². The van der Waals surface area contributed by atoms with Crippen LogP contribution in [0.15, 0.2) is 54.9 Å². The van der Waals surface area contributed by atoms with Crippen LogP contribution in [-0.2, 0) is 6.61 Å². The largest absolute Gasteiger partial charge is 0.390 e. The summed E-state index contributed by atoms with van der Waals surface area (Å²) in [5.74, 6) is 0. The zero-order valence-corrected chi connectivity index (χ0v) is 12.4. The Hall–Kier alpha value is -2.57. The summed E-state index contributed by atoms with van der Waals surface area (Å²) < 4.78 is 1.72. The number of aliphatic hydroxyl groups excluding tert-OH is 1. The van der Waals surface area contributed by atoms with Crippen molar-refractivity contribution in [2.45, 2.75) is 6.61 Å². The molecule has 0 amide bonds. The van der Waals surface area contributed by atoms with Gasteiger partial charge >= 0.3 is 0 Å². The van der Waals surface area contributed by atoms with E-state index in [1.54, 1.807) is 16.9 Å². The second-order valence-corrected chi connectivity index (χ2v) is 5.73. The van der Waals surface area contributed by atoms with Crippen LogP contribution in [0.5, 0.6) is 0 Å². The first-order valence-corrected chi connectivity index (χ1v) is 7.63. The van der Waals surface area contributed by atoms with Gasteiger partial charge in [-0.1, -0.05) is 41.7 Å². The molecule has 1 aromatic carbocycles. The van der Waals surface area contributed by atoms with Crippen LogP contribution in [-0.4, -0.2) is 24.7 Å². The van der Waals surface area contributed by atoms with E-state index in [4.69, 9.17) is 0 Å². The highest BCUT2D eigenvalue weighted by Gasteiger charge is 2.17. The SMILES string of the molecule is OCc1c(-c2ccccc2)nc2sc(-c3cccnc3)nn12. The Labute approximate surface area is 130 Å². The fraction of sp³-hybridized carbons (Fsp3) is 0.0625. The number of aliphatic hydroxyl groups is 1. The number of nitrogens with zero attached hydrogens (tertiary/aromatic N) is 4. The molecule has 5 nitrogen and oxygen atoms in total. The number of pyridine rings is 1. The molecule has 0 aliphatic rings. The monoisotopic (exact) mass is 308 g/mol. The Bertz CT molecular complexity index is 915. The lowest BCUT2D eigenvalue weighted by atomic mass is 10.1. The third-order valence-electron chi connectivity index (χ3n) is 3.40. The van der Waals surface area contributed by atoms with E-state index in [-0.39, 0.29) is 6.61 Å². The van der Waals surface area contributed by atoms with Crippen LogP contribution in [0.1, 0.15) is 5.69 Å². The summed E-state index contributed by atoms with van der Waals surface area (Å²) in [5.41, 5.74) is 3.41. The predicted molar refractivity (Wildman–Crippen MR) is 85.5 cm³/mol. The molecule has 0 fully saturated rings. The average molecular weight is 308 g/mol. The first-order chi connectivity index (χ1) is 10.9. The molecular formula is C16H12N4OS. The van der Waals surface area contributed by atoms with E-state index in [0.29, 0.717) is 5.69 Å². The Morgan fingerprint density at radius 1 is 1.05 bits per heavy atom. The van der Waals surface area contributed by atoms with Gasteiger partial charge in [-0.05, 0) is 12.1 Å². The number of hydrogen-bond donors (Lipinski definition) is 1. The molecule has 3 aromatic heterocycles. The summed E-state index contributed by atoms with van der Waals surface area (Å²) in [6.07, 6.45) is 3.50. The van der Waals surface area contributed by atoms with E-state index in [1.807, 2.05) is 42.5 Å². The predicted octanol–water partition coefficient (Wildman–Crippen LogP) is 3.01. The van der Waals surface area contributed by atoms with Crippen LogP contribution in [0, 0.1) is 0 Å². The van der Waals surface area contributed by atoms with E-state index in [2.05, 4.69) is 15.1 Å². The number of benzene rings is 1. The summed E-state index contributed by atoms with van der Waals surface area (Å²) in [4.78, 5) is 9.51. The lowest BCUT2D eigenvalue weighted by Crippen LogP contribution is -1.95. The van der Waals surface area contributed by atoms with Crippen molar-refractivity contribution in [1.82, 2.24) is 19.6 Å². The molecule has 1 N–H and O–H groups in total. The molecule has 4 rings (SSSR count). The minimum atomic E-state index is -0.110. The summed E-state index contributed by atoms with van der Waals surface area (Å²) >= 11 is 1.49. The molecule has 0 bridgehead atoms. The second-order valence-electron chi connectivity index (χ2n) is 4.77. The van der Waals surface area contributed by atoms with Crippen LogP contribution in [0.25, 0.3) is 26.8 Å². The van der Waals surface area contributed by atoms with Crippen molar-refractivity contribution < 1.29 is 5.11 Å². The Balaban J connectivity index is 1.88. The summed E-state index contributed by atoms with van der Waals surface area (Å²) in [5, 5.41) is 15.1. The smallest absolute Gasteiger partial charge is 0.213 e. The molecule has 4 aromatic rings. The fourth-order valence-electron chi connectivity index (χ4n) is 2.37. The van der Waals surface area contributed by atoms with E-state index in [0.717, 1.165) is 26.8 Å². The molecule has 22 heavy (non-hydrogen) atoms. The molecule has 0 saturated heterocycles. The Morgan fingerprint density at radius 2 is 1.86 bits per heavy atom. The molecule has 6 heteroatoms. The Morgan fingerprint density at radius 3 is 2.59 bits per heavy atom. The van der Waals surface area contributed by atoms with Crippen molar-refractivity contribution in [3.63, 3.8) is 0 Å². The molecule has 0 unspecified atom stereocenters. The van der Waals surface area contributed by atoms with Crippen molar-refractivity contribution in [2.75, 3.05) is 0 Å². The number of hydrogen-bond acceptors (Lipinski definition) is 5. The molecule has 0 saturated carbocycles. The van der Waals surface area contributed by atoms with E-state index >= 15 is 0 Å². The second kappa shape index (κ2) is 5.32. The van der Waals surface area contributed by atoms with Gasteiger partial charge in [-0.25, -0.2) is 9.50 Å². The molecular weight excluding hydrogens is 296 g/mol. The summed E-state index contributed by atoms with van der Waals surface area (Å²) in [7, 11) is 0. The van der Waals surface area contributed by atoms with Gasteiger partial charge in [0.05, 0.1) is 18.0 Å². The normalized spacial score (nSPS) is 11.1. The van der Waals surface area contributed by atoms with Gasteiger partial charge in [0, 0.05) is 23.5 Å². The lowest BCUT2D eigenvalue weighted by Gasteiger charge is -2.00. The Kier molecular flexibility index (Phi) is 3.17. The first-order valence-electron chi connectivity index (χ1n) is 6.82. The summed E-state index contributed by atoms with van der Waals surface area (Å²) in [6.45, 7) is -0.110. The number of aromatic nitrogens is 4. The highest BCUT2D eigenvalue weighted by molar-refractivity contribution is 7.19. The van der Waals surface area contributed by atoms with E-state index < -0.39 is 0 Å². The van der Waals surface area contributed by atoms with Crippen LogP contribution >= 0.6 is 11.3 Å². The average Bonchev–Trinajstić information content (AvgIpc) is 3.14. The zero-order valence-electron chi connectivity index (χ0n) is 11.5. The van der Waals surface area contributed by atoms with Crippen molar-refractivity contribution >= 4 is 16.3 Å². The molecule has 3 heterocycles. The van der Waals surface area contributed by atoms with Gasteiger partial charge in [-0.15, -0.1) is 0 Å². The molecule has 108 valence electrons. The maximum absolute atomic E-state index is 9.74. The van der Waals surface area contributed by atoms with Crippen molar-refractivity contribution in [3.05, 3.63) is 60.6 Å². The quantitative estimate of drug-likeness (QED) is 0.632. The molecule has 0 atom stereocenters. The van der Waals surface area contributed by atoms with Gasteiger partial charge in [0.15, 0.2) is 0 Å². The zero-order chi connectivity index (χ0) is 14.9. The maximum Gasteiger partial charge on any atom is 0.213 e. The van der Waals surface area contributed by atoms with Crippen LogP contribution < -0.4 is 0 Å². The van der Waals surface area contributed by atoms with Crippen molar-refractivity contribution in [2.24, 2.45) is 0 Å². The fourth-order valence-corrected chi connectivity index (χ4v) is 3.27. The van der Waals surface area contributed by atoms with Gasteiger partial charge in [0.2, 0.25) is 4.96 Å². The summed E-state index contributed by atoms with van der Waals surface area (Å²) in [6, 6.07) is 13.7. The van der Waals surface area contributed by atoms with Gasteiger partial charge in [0.25, 0.3) is 0 Å². The molecule has 0 aliphatic carbocycles. The lowest BCUT2D eigenvalue weighted by molar-refractivity contribution is 0.275. The van der Waals surface area contributed by atoms with Crippen LogP contribution in [0.4, 0.5) is 0 Å². The minimum Gasteiger partial charge on any atom is -0.390 e. The highest BCUT2D eigenvalue weighted by atomic mass is 32.1. The van der Waals surface area contributed by atoms with Gasteiger partial charge in [0.1, 0.15) is 5.01 Å².